The summed E-state index contributed by atoms with van der Waals surface area (Å²) in [7, 11) is -2.14. The molecule has 0 saturated heterocycles. The number of nitrogens with zero attached hydrogens (tertiary/aromatic N) is 3. The first-order chi connectivity index (χ1) is 16.7. The molecule has 10 heteroatoms. The molecule has 0 aliphatic carbocycles. The standard InChI is InChI=1S/C26H29Cl2F2N3O2Si/c1-16(35-36(5,6)26(2,3)4)14-33(25(34)22-23(27)31-15-32-24(22)28)18-12-10-17(11-13-18)21-19(29)8-7-9-20(21)30/h7-13,15-16H,14H2,1-6H3. The molecule has 1 atom stereocenters. The van der Waals surface area contributed by atoms with E-state index in [0.717, 1.165) is 0 Å². The monoisotopic (exact) mass is 551 g/mol. The number of hydrogen-bond acceptors (Lipinski definition) is 4. The summed E-state index contributed by atoms with van der Waals surface area (Å²) in [4.78, 5) is 22.9. The molecule has 0 bridgehead atoms. The highest BCUT2D eigenvalue weighted by atomic mass is 35.5. The lowest BCUT2D eigenvalue weighted by Gasteiger charge is -2.39. The van der Waals surface area contributed by atoms with Gasteiger partial charge in [-0.1, -0.05) is 62.2 Å². The molecule has 0 fully saturated rings. The Morgan fingerprint density at radius 1 is 1.03 bits per heavy atom. The molecule has 0 N–H and O–H groups in total. The lowest BCUT2D eigenvalue weighted by Crippen LogP contribution is -2.47. The van der Waals surface area contributed by atoms with Crippen molar-refractivity contribution in [3.63, 3.8) is 0 Å². The van der Waals surface area contributed by atoms with Crippen molar-refractivity contribution in [2.45, 2.75) is 51.9 Å². The Morgan fingerprint density at radius 2 is 1.56 bits per heavy atom. The molecule has 36 heavy (non-hydrogen) atoms. The number of benzene rings is 2. The Balaban J connectivity index is 2.01. The molecule has 0 radical (unpaired) electrons. The maximum Gasteiger partial charge on any atom is 0.264 e. The molecule has 0 aliphatic heterocycles. The van der Waals surface area contributed by atoms with E-state index in [2.05, 4.69) is 43.8 Å². The first-order valence-corrected chi connectivity index (χ1v) is 15.1. The minimum atomic E-state index is -2.14. The van der Waals surface area contributed by atoms with E-state index in [0.29, 0.717) is 11.3 Å². The smallest absolute Gasteiger partial charge is 0.264 e. The Bertz CT molecular complexity index is 1210. The number of carbonyl (C=O) groups excluding carboxylic acids is 1. The molecule has 0 aliphatic rings. The third-order valence-electron chi connectivity index (χ3n) is 6.39. The highest BCUT2D eigenvalue weighted by Crippen LogP contribution is 2.38. The Kier molecular flexibility index (Phi) is 8.55. The lowest BCUT2D eigenvalue weighted by atomic mass is 10.0. The lowest BCUT2D eigenvalue weighted by molar-refractivity contribution is 0.0969. The van der Waals surface area contributed by atoms with Crippen LogP contribution in [-0.4, -0.2) is 36.8 Å². The number of rotatable bonds is 7. The molecule has 192 valence electrons. The van der Waals surface area contributed by atoms with E-state index in [1.54, 1.807) is 24.3 Å². The third-order valence-corrected chi connectivity index (χ3v) is 11.6. The van der Waals surface area contributed by atoms with Crippen LogP contribution in [0.25, 0.3) is 11.1 Å². The van der Waals surface area contributed by atoms with Gasteiger partial charge in [0.1, 0.15) is 33.8 Å². The summed E-state index contributed by atoms with van der Waals surface area (Å²) in [6.07, 6.45) is 0.841. The van der Waals surface area contributed by atoms with Gasteiger partial charge in [0, 0.05) is 5.69 Å². The predicted molar refractivity (Wildman–Crippen MR) is 143 cm³/mol. The van der Waals surface area contributed by atoms with Crippen LogP contribution in [-0.2, 0) is 4.43 Å². The van der Waals surface area contributed by atoms with Crippen molar-refractivity contribution in [2.24, 2.45) is 0 Å². The van der Waals surface area contributed by atoms with E-state index in [1.165, 1.54) is 29.4 Å². The topological polar surface area (TPSA) is 55.3 Å². The quantitative estimate of drug-likeness (QED) is 0.222. The summed E-state index contributed by atoms with van der Waals surface area (Å²) in [6.45, 7) is 12.7. The fraction of sp³-hybridized carbons (Fsp3) is 0.346. The third kappa shape index (κ3) is 6.11. The summed E-state index contributed by atoms with van der Waals surface area (Å²) < 4.78 is 35.1. The van der Waals surface area contributed by atoms with Gasteiger partial charge in [-0.05, 0) is 54.9 Å². The van der Waals surface area contributed by atoms with E-state index in [1.807, 2.05) is 6.92 Å². The zero-order valence-electron chi connectivity index (χ0n) is 21.1. The highest BCUT2D eigenvalue weighted by Gasteiger charge is 2.39. The molecule has 2 aromatic carbocycles. The highest BCUT2D eigenvalue weighted by molar-refractivity contribution is 6.74. The van der Waals surface area contributed by atoms with E-state index in [-0.39, 0.29) is 39.1 Å². The van der Waals surface area contributed by atoms with Crippen LogP contribution >= 0.6 is 23.2 Å². The van der Waals surface area contributed by atoms with Gasteiger partial charge in [0.05, 0.1) is 18.2 Å². The van der Waals surface area contributed by atoms with E-state index >= 15 is 0 Å². The van der Waals surface area contributed by atoms with Crippen LogP contribution in [0.15, 0.2) is 48.8 Å². The molecule has 5 nitrogen and oxygen atoms in total. The summed E-state index contributed by atoms with van der Waals surface area (Å²) >= 11 is 12.4. The van der Waals surface area contributed by atoms with Gasteiger partial charge in [-0.25, -0.2) is 18.7 Å². The largest absolute Gasteiger partial charge is 0.412 e. The molecule has 0 saturated carbocycles. The van der Waals surface area contributed by atoms with Crippen LogP contribution in [0, 0.1) is 11.6 Å². The fourth-order valence-corrected chi connectivity index (χ4v) is 5.43. The Labute approximate surface area is 221 Å². The number of aromatic nitrogens is 2. The zero-order chi connectivity index (χ0) is 26.8. The normalized spacial score (nSPS) is 12.9. The summed E-state index contributed by atoms with van der Waals surface area (Å²) in [5.74, 6) is -1.86. The van der Waals surface area contributed by atoms with Gasteiger partial charge in [0.15, 0.2) is 8.32 Å². The summed E-state index contributed by atoms with van der Waals surface area (Å²) in [5, 5.41) is -0.178. The van der Waals surface area contributed by atoms with Gasteiger partial charge < -0.3 is 9.33 Å². The van der Waals surface area contributed by atoms with Crippen LogP contribution in [0.3, 0.4) is 0 Å². The van der Waals surface area contributed by atoms with Crippen molar-refractivity contribution in [3.05, 3.63) is 76.3 Å². The number of amides is 1. The van der Waals surface area contributed by atoms with Crippen molar-refractivity contribution >= 4 is 43.1 Å². The Hall–Kier alpha value is -2.39. The molecule has 0 spiro atoms. The maximum absolute atomic E-state index is 14.3. The molecule has 1 heterocycles. The molecule has 3 rings (SSSR count). The van der Waals surface area contributed by atoms with Crippen LogP contribution in [0.4, 0.5) is 14.5 Å². The summed E-state index contributed by atoms with van der Waals surface area (Å²) in [6, 6.07) is 10.0. The van der Waals surface area contributed by atoms with Crippen molar-refractivity contribution in [1.29, 1.82) is 0 Å². The van der Waals surface area contributed by atoms with Crippen LogP contribution in [0.2, 0.25) is 28.4 Å². The van der Waals surface area contributed by atoms with Gasteiger partial charge in [-0.15, -0.1) is 0 Å². The van der Waals surface area contributed by atoms with E-state index in [9.17, 15) is 13.6 Å². The minimum absolute atomic E-state index is 0.0263. The number of anilines is 1. The van der Waals surface area contributed by atoms with Gasteiger partial charge in [0.25, 0.3) is 5.91 Å². The summed E-state index contributed by atoms with van der Waals surface area (Å²) in [5.41, 5.74) is 0.636. The first kappa shape index (κ1) is 28.2. The number of hydrogen-bond donors (Lipinski definition) is 0. The minimum Gasteiger partial charge on any atom is -0.412 e. The molecular formula is C26H29Cl2F2N3O2Si. The van der Waals surface area contributed by atoms with Crippen molar-refractivity contribution < 1.29 is 18.0 Å². The predicted octanol–water partition coefficient (Wildman–Crippen LogP) is 7.79. The fourth-order valence-electron chi connectivity index (χ4n) is 3.52. The van der Waals surface area contributed by atoms with Gasteiger partial charge in [-0.2, -0.15) is 0 Å². The molecule has 3 aromatic rings. The van der Waals surface area contributed by atoms with Crippen molar-refractivity contribution in [2.75, 3.05) is 11.4 Å². The van der Waals surface area contributed by atoms with Crippen molar-refractivity contribution in [3.8, 4) is 11.1 Å². The molecular weight excluding hydrogens is 523 g/mol. The average molecular weight is 553 g/mol. The molecule has 1 unspecified atom stereocenters. The van der Waals surface area contributed by atoms with E-state index < -0.39 is 25.9 Å². The van der Waals surface area contributed by atoms with Gasteiger partial charge >= 0.3 is 0 Å². The van der Waals surface area contributed by atoms with Crippen LogP contribution in [0.1, 0.15) is 38.1 Å². The van der Waals surface area contributed by atoms with Crippen molar-refractivity contribution in [1.82, 2.24) is 9.97 Å². The second-order valence-electron chi connectivity index (χ2n) is 10.1. The van der Waals surface area contributed by atoms with E-state index in [4.69, 9.17) is 27.6 Å². The van der Waals surface area contributed by atoms with Gasteiger partial charge in [-0.3, -0.25) is 4.79 Å². The number of halogens is 4. The second-order valence-corrected chi connectivity index (χ2v) is 15.6. The molecule has 1 amide bonds. The van der Waals surface area contributed by atoms with Gasteiger partial charge in [0.2, 0.25) is 0 Å². The SMILES string of the molecule is CC(CN(C(=O)c1c(Cl)ncnc1Cl)c1ccc(-c2c(F)cccc2F)cc1)O[Si](C)(C)C(C)(C)C. The zero-order valence-corrected chi connectivity index (χ0v) is 23.6. The molecule has 1 aromatic heterocycles. The van der Waals surface area contributed by atoms with Crippen LogP contribution < -0.4 is 4.90 Å². The second kappa shape index (κ2) is 10.9. The number of carbonyl (C=O) groups is 1. The first-order valence-electron chi connectivity index (χ1n) is 11.4. The maximum atomic E-state index is 14.3. The van der Waals surface area contributed by atoms with Crippen LogP contribution in [0.5, 0.6) is 0 Å². The average Bonchev–Trinajstić information content (AvgIpc) is 2.76. The Morgan fingerprint density at radius 3 is 2.06 bits per heavy atom.